The van der Waals surface area contributed by atoms with E-state index < -0.39 is 0 Å². The minimum atomic E-state index is 0.135. The zero-order valence-corrected chi connectivity index (χ0v) is 11.9. The number of rotatable bonds is 2. The van der Waals surface area contributed by atoms with Crippen LogP contribution in [0.2, 0.25) is 0 Å². The first-order chi connectivity index (χ1) is 9.66. The van der Waals surface area contributed by atoms with E-state index >= 15 is 0 Å². The summed E-state index contributed by atoms with van der Waals surface area (Å²) in [5.41, 5.74) is 3.17. The van der Waals surface area contributed by atoms with Crippen LogP contribution in [0.3, 0.4) is 0 Å². The van der Waals surface area contributed by atoms with Gasteiger partial charge in [0.1, 0.15) is 0 Å². The van der Waals surface area contributed by atoms with E-state index in [1.807, 2.05) is 30.0 Å². The summed E-state index contributed by atoms with van der Waals surface area (Å²) in [5.74, 6) is 0.159. The number of hydrogen-bond acceptors (Lipinski definition) is 2. The lowest BCUT2D eigenvalue weighted by atomic mass is 10.1. The number of carbonyl (C=O) groups is 1. The van der Waals surface area contributed by atoms with Crippen molar-refractivity contribution in [1.82, 2.24) is 14.5 Å². The number of pyridine rings is 1. The largest absolute Gasteiger partial charge is 0.348 e. The van der Waals surface area contributed by atoms with Gasteiger partial charge in [-0.2, -0.15) is 0 Å². The molecule has 1 amide bonds. The molecule has 0 spiro atoms. The molecule has 4 nitrogen and oxygen atoms in total. The van der Waals surface area contributed by atoms with Gasteiger partial charge in [-0.15, -0.1) is 0 Å². The van der Waals surface area contributed by atoms with Crippen molar-refractivity contribution in [3.05, 3.63) is 53.6 Å². The Bertz CT molecular complexity index is 632. The van der Waals surface area contributed by atoms with Crippen LogP contribution in [0.25, 0.3) is 0 Å². The number of hydrogen-bond donors (Lipinski definition) is 0. The fraction of sp³-hybridized carbons (Fsp3) is 0.375. The molecule has 1 aliphatic heterocycles. The number of carbonyl (C=O) groups excluding carboxylic acids is 1. The summed E-state index contributed by atoms with van der Waals surface area (Å²) in [6.45, 7) is 5.74. The predicted molar refractivity (Wildman–Crippen MR) is 77.2 cm³/mol. The molecule has 0 radical (unpaired) electrons. The Hall–Kier alpha value is -2.10. The molecule has 2 aromatic rings. The van der Waals surface area contributed by atoms with Crippen LogP contribution in [0.4, 0.5) is 0 Å². The predicted octanol–water partition coefficient (Wildman–Crippen LogP) is 2.34. The molecular formula is C16H19N3O. The summed E-state index contributed by atoms with van der Waals surface area (Å²) in [7, 11) is 0. The maximum absolute atomic E-state index is 12.5. The van der Waals surface area contributed by atoms with Crippen molar-refractivity contribution in [3.63, 3.8) is 0 Å². The summed E-state index contributed by atoms with van der Waals surface area (Å²) in [6.07, 6.45) is 4.22. The molecule has 0 saturated heterocycles. The third-order valence-corrected chi connectivity index (χ3v) is 4.10. The highest BCUT2D eigenvalue weighted by Gasteiger charge is 2.27. The number of aryl methyl sites for hydroxylation is 1. The van der Waals surface area contributed by atoms with Crippen LogP contribution >= 0.6 is 0 Å². The molecule has 4 heteroatoms. The van der Waals surface area contributed by atoms with Gasteiger partial charge in [0, 0.05) is 31.2 Å². The van der Waals surface area contributed by atoms with E-state index in [9.17, 15) is 4.79 Å². The number of nitrogens with zero attached hydrogens (tertiary/aromatic N) is 3. The minimum Gasteiger partial charge on any atom is -0.348 e. The van der Waals surface area contributed by atoms with Gasteiger partial charge in [0.2, 0.25) is 5.91 Å². The average molecular weight is 269 g/mol. The molecule has 1 atom stereocenters. The van der Waals surface area contributed by atoms with Crippen molar-refractivity contribution in [2.45, 2.75) is 32.9 Å². The van der Waals surface area contributed by atoms with Gasteiger partial charge in [-0.3, -0.25) is 9.78 Å². The van der Waals surface area contributed by atoms with Crippen LogP contribution in [-0.2, 0) is 17.8 Å². The Kier molecular flexibility index (Phi) is 3.30. The van der Waals surface area contributed by atoms with E-state index in [4.69, 9.17) is 0 Å². The Morgan fingerprint density at radius 1 is 1.35 bits per heavy atom. The standard InChI is InChI=1S/C16H19N3O/c1-12-5-3-7-17-14(12)11-16(20)19-10-9-18-8-4-6-15(18)13(19)2/h3-8,13H,9-11H2,1-2H3. The lowest BCUT2D eigenvalue weighted by Gasteiger charge is -2.35. The quantitative estimate of drug-likeness (QED) is 0.839. The smallest absolute Gasteiger partial charge is 0.229 e. The van der Waals surface area contributed by atoms with Crippen LogP contribution in [0.15, 0.2) is 36.7 Å². The summed E-state index contributed by atoms with van der Waals surface area (Å²) in [4.78, 5) is 18.8. The molecule has 20 heavy (non-hydrogen) atoms. The summed E-state index contributed by atoms with van der Waals surface area (Å²) in [6, 6.07) is 8.18. The molecule has 1 aliphatic rings. The van der Waals surface area contributed by atoms with Crippen molar-refractivity contribution < 1.29 is 4.79 Å². The van der Waals surface area contributed by atoms with Crippen molar-refractivity contribution in [2.75, 3.05) is 6.54 Å². The minimum absolute atomic E-state index is 0.135. The van der Waals surface area contributed by atoms with E-state index in [2.05, 4.69) is 28.7 Å². The molecule has 2 aromatic heterocycles. The molecule has 104 valence electrons. The molecule has 1 unspecified atom stereocenters. The van der Waals surface area contributed by atoms with Crippen molar-refractivity contribution in [1.29, 1.82) is 0 Å². The van der Waals surface area contributed by atoms with E-state index in [-0.39, 0.29) is 11.9 Å². The van der Waals surface area contributed by atoms with Crippen LogP contribution < -0.4 is 0 Å². The van der Waals surface area contributed by atoms with Gasteiger partial charge < -0.3 is 9.47 Å². The van der Waals surface area contributed by atoms with Gasteiger partial charge in [0.15, 0.2) is 0 Å². The average Bonchev–Trinajstić information content (AvgIpc) is 2.91. The molecule has 0 bridgehead atoms. The van der Waals surface area contributed by atoms with Gasteiger partial charge in [-0.1, -0.05) is 6.07 Å². The van der Waals surface area contributed by atoms with Crippen LogP contribution in [0.1, 0.15) is 29.9 Å². The normalized spacial score (nSPS) is 17.9. The molecule has 0 N–H and O–H groups in total. The molecule has 3 heterocycles. The fourth-order valence-electron chi connectivity index (χ4n) is 2.87. The Balaban J connectivity index is 1.77. The lowest BCUT2D eigenvalue weighted by molar-refractivity contribution is -0.133. The third kappa shape index (κ3) is 2.22. The second-order valence-corrected chi connectivity index (χ2v) is 5.33. The maximum atomic E-state index is 12.5. The van der Waals surface area contributed by atoms with Gasteiger partial charge >= 0.3 is 0 Å². The maximum Gasteiger partial charge on any atom is 0.229 e. The van der Waals surface area contributed by atoms with Gasteiger partial charge in [-0.05, 0) is 37.6 Å². The van der Waals surface area contributed by atoms with Crippen molar-refractivity contribution >= 4 is 5.91 Å². The number of fused-ring (bicyclic) bond motifs is 1. The van der Waals surface area contributed by atoms with Crippen molar-refractivity contribution in [3.8, 4) is 0 Å². The highest BCUT2D eigenvalue weighted by atomic mass is 16.2. The molecular weight excluding hydrogens is 250 g/mol. The molecule has 0 saturated carbocycles. The van der Waals surface area contributed by atoms with E-state index in [0.29, 0.717) is 6.42 Å². The zero-order chi connectivity index (χ0) is 14.1. The van der Waals surface area contributed by atoms with Crippen LogP contribution in [0.5, 0.6) is 0 Å². The molecule has 0 aliphatic carbocycles. The lowest BCUT2D eigenvalue weighted by Crippen LogP contribution is -2.41. The van der Waals surface area contributed by atoms with Crippen molar-refractivity contribution in [2.24, 2.45) is 0 Å². The first kappa shape index (κ1) is 12.9. The summed E-state index contributed by atoms with van der Waals surface area (Å²) in [5, 5.41) is 0. The van der Waals surface area contributed by atoms with Gasteiger partial charge in [0.05, 0.1) is 18.2 Å². The van der Waals surface area contributed by atoms with Gasteiger partial charge in [0.25, 0.3) is 0 Å². The topological polar surface area (TPSA) is 38.1 Å². The Morgan fingerprint density at radius 3 is 3.00 bits per heavy atom. The second kappa shape index (κ2) is 5.12. The molecule has 0 fully saturated rings. The molecule has 0 aromatic carbocycles. The first-order valence-electron chi connectivity index (χ1n) is 7.02. The Morgan fingerprint density at radius 2 is 2.20 bits per heavy atom. The highest BCUT2D eigenvalue weighted by Crippen LogP contribution is 2.25. The summed E-state index contributed by atoms with van der Waals surface area (Å²) >= 11 is 0. The monoisotopic (exact) mass is 269 g/mol. The molecule has 3 rings (SSSR count). The highest BCUT2D eigenvalue weighted by molar-refractivity contribution is 5.79. The second-order valence-electron chi connectivity index (χ2n) is 5.33. The van der Waals surface area contributed by atoms with E-state index in [1.165, 1.54) is 5.69 Å². The third-order valence-electron chi connectivity index (χ3n) is 4.10. The Labute approximate surface area is 119 Å². The number of amides is 1. The fourth-order valence-corrected chi connectivity index (χ4v) is 2.87. The first-order valence-corrected chi connectivity index (χ1v) is 7.02. The SMILES string of the molecule is Cc1cccnc1CC(=O)N1CCn2cccc2C1C. The van der Waals surface area contributed by atoms with Crippen LogP contribution in [0, 0.1) is 6.92 Å². The van der Waals surface area contributed by atoms with E-state index in [0.717, 1.165) is 24.3 Å². The summed E-state index contributed by atoms with van der Waals surface area (Å²) < 4.78 is 2.22. The van der Waals surface area contributed by atoms with Crippen LogP contribution in [-0.4, -0.2) is 26.9 Å². The van der Waals surface area contributed by atoms with Gasteiger partial charge in [-0.25, -0.2) is 0 Å². The van der Waals surface area contributed by atoms with E-state index in [1.54, 1.807) is 6.20 Å². The zero-order valence-electron chi connectivity index (χ0n) is 11.9. The number of aromatic nitrogens is 2.